The Hall–Kier alpha value is -3.38. The highest BCUT2D eigenvalue weighted by molar-refractivity contribution is 6.16. The number of rotatable bonds is 6. The Morgan fingerprint density at radius 1 is 0.829 bits per heavy atom. The van der Waals surface area contributed by atoms with Gasteiger partial charge in [-0.05, 0) is 16.7 Å². The maximum Gasteiger partial charge on any atom is 0.121 e. The maximum absolute atomic E-state index is 8.36. The van der Waals surface area contributed by atoms with Gasteiger partial charge in [-0.15, -0.1) is 24.0 Å². The zero-order chi connectivity index (χ0) is 22.9. The fourth-order valence-corrected chi connectivity index (χ4v) is 4.11. The SMILES string of the molecule is C.Cl.ClCc1cn(C(c2ccccc2)(c2ccccc2)c2ccccc2)cn1.OCc1cnc[nH]1. The molecule has 0 saturated heterocycles. The summed E-state index contributed by atoms with van der Waals surface area (Å²) in [7, 11) is 0. The molecule has 182 valence electrons. The lowest BCUT2D eigenvalue weighted by molar-refractivity contribution is 0.277. The zero-order valence-corrected chi connectivity index (χ0v) is 20.0. The van der Waals surface area contributed by atoms with Gasteiger partial charge in [0.05, 0.1) is 42.7 Å². The van der Waals surface area contributed by atoms with Crippen molar-refractivity contribution in [2.75, 3.05) is 0 Å². The summed E-state index contributed by atoms with van der Waals surface area (Å²) < 4.78 is 2.17. The average molecular weight is 509 g/mol. The third kappa shape index (κ3) is 6.01. The number of alkyl halides is 1. The molecule has 7 heteroatoms. The van der Waals surface area contributed by atoms with E-state index in [0.717, 1.165) is 11.4 Å². The maximum atomic E-state index is 8.36. The molecular weight excluding hydrogens is 479 g/mol. The van der Waals surface area contributed by atoms with Gasteiger partial charge in [-0.25, -0.2) is 9.97 Å². The van der Waals surface area contributed by atoms with Crippen molar-refractivity contribution in [3.63, 3.8) is 0 Å². The first-order valence-electron chi connectivity index (χ1n) is 10.6. The van der Waals surface area contributed by atoms with E-state index in [1.807, 2.05) is 30.7 Å². The number of H-pyrrole nitrogens is 1. The second kappa shape index (κ2) is 13.5. The van der Waals surface area contributed by atoms with E-state index in [-0.39, 0.29) is 26.4 Å². The van der Waals surface area contributed by atoms with Gasteiger partial charge in [0.2, 0.25) is 0 Å². The van der Waals surface area contributed by atoms with Gasteiger partial charge in [0.15, 0.2) is 0 Å². The normalized spacial score (nSPS) is 10.3. The van der Waals surface area contributed by atoms with E-state index in [1.54, 1.807) is 6.20 Å². The molecule has 35 heavy (non-hydrogen) atoms. The van der Waals surface area contributed by atoms with Crippen molar-refractivity contribution in [2.24, 2.45) is 0 Å². The Kier molecular flexibility index (Phi) is 10.7. The monoisotopic (exact) mass is 508 g/mol. The zero-order valence-electron chi connectivity index (χ0n) is 18.5. The lowest BCUT2D eigenvalue weighted by Gasteiger charge is -2.37. The molecule has 0 unspecified atom stereocenters. The van der Waals surface area contributed by atoms with Gasteiger partial charge >= 0.3 is 0 Å². The van der Waals surface area contributed by atoms with Crippen LogP contribution in [-0.4, -0.2) is 24.6 Å². The number of aromatic amines is 1. The van der Waals surface area contributed by atoms with Gasteiger partial charge in [-0.1, -0.05) is 98.4 Å². The standard InChI is InChI=1S/C23H19ClN2.C4H6N2O.CH4.ClH/c24-16-22-17-26(18-25-22)23(19-10-4-1-5-11-19,20-12-6-2-7-13-20)21-14-8-3-9-15-21;7-2-4-1-5-3-6-4;;/h1-15,17-18H,16H2;1,3,7H,2H2,(H,5,6);1H4;1H. The fraction of sp³-hybridized carbons (Fsp3) is 0.143. The summed E-state index contributed by atoms with van der Waals surface area (Å²) in [4.78, 5) is 10.9. The van der Waals surface area contributed by atoms with Crippen LogP contribution in [0.1, 0.15) is 35.5 Å². The summed E-state index contributed by atoms with van der Waals surface area (Å²) in [6.07, 6.45) is 7.04. The van der Waals surface area contributed by atoms with E-state index in [9.17, 15) is 0 Å². The molecule has 0 bridgehead atoms. The van der Waals surface area contributed by atoms with Gasteiger partial charge in [0.25, 0.3) is 0 Å². The molecule has 0 spiro atoms. The quantitative estimate of drug-likeness (QED) is 0.205. The third-order valence-electron chi connectivity index (χ3n) is 5.46. The molecule has 2 heterocycles. The van der Waals surface area contributed by atoms with Crippen molar-refractivity contribution in [2.45, 2.75) is 25.5 Å². The van der Waals surface area contributed by atoms with Crippen LogP contribution in [0.4, 0.5) is 0 Å². The summed E-state index contributed by atoms with van der Waals surface area (Å²) in [5.41, 5.74) is 4.63. The molecule has 0 amide bonds. The summed E-state index contributed by atoms with van der Waals surface area (Å²) in [5.74, 6) is 0.390. The predicted octanol–water partition coefficient (Wildman–Crippen LogP) is 6.42. The third-order valence-corrected chi connectivity index (χ3v) is 5.73. The molecule has 5 nitrogen and oxygen atoms in total. The van der Waals surface area contributed by atoms with Crippen LogP contribution in [0.25, 0.3) is 0 Å². The van der Waals surface area contributed by atoms with E-state index < -0.39 is 5.54 Å². The average Bonchev–Trinajstić information content (AvgIpc) is 3.60. The number of halogens is 2. The Bertz CT molecular complexity index is 1130. The van der Waals surface area contributed by atoms with E-state index in [0.29, 0.717) is 5.88 Å². The smallest absolute Gasteiger partial charge is 0.121 e. The highest BCUT2D eigenvalue weighted by Crippen LogP contribution is 2.40. The van der Waals surface area contributed by atoms with Crippen molar-refractivity contribution in [3.05, 3.63) is 144 Å². The molecule has 0 radical (unpaired) electrons. The number of hydrogen-bond acceptors (Lipinski definition) is 3. The second-order valence-electron chi connectivity index (χ2n) is 7.45. The van der Waals surface area contributed by atoms with E-state index in [2.05, 4.69) is 92.3 Å². The van der Waals surface area contributed by atoms with E-state index in [1.165, 1.54) is 23.0 Å². The first-order valence-corrected chi connectivity index (χ1v) is 11.2. The van der Waals surface area contributed by atoms with Crippen LogP contribution in [0, 0.1) is 0 Å². The Labute approximate surface area is 217 Å². The minimum absolute atomic E-state index is 0. The molecule has 2 N–H and O–H groups in total. The second-order valence-corrected chi connectivity index (χ2v) is 7.72. The largest absolute Gasteiger partial charge is 0.390 e. The number of hydrogen-bond donors (Lipinski definition) is 2. The Balaban J connectivity index is 0.000000417. The minimum atomic E-state index is -0.513. The number of aliphatic hydroxyl groups excluding tert-OH is 1. The summed E-state index contributed by atoms with van der Waals surface area (Å²) in [6.45, 7) is 0.0417. The number of aromatic nitrogens is 4. The van der Waals surface area contributed by atoms with Gasteiger partial charge in [0.1, 0.15) is 5.54 Å². The molecule has 5 aromatic rings. The van der Waals surface area contributed by atoms with Crippen LogP contribution in [0.5, 0.6) is 0 Å². The molecular formula is C28H30Cl2N4O. The minimum Gasteiger partial charge on any atom is -0.390 e. The van der Waals surface area contributed by atoms with Crippen molar-refractivity contribution < 1.29 is 5.11 Å². The van der Waals surface area contributed by atoms with Crippen molar-refractivity contribution in [1.29, 1.82) is 0 Å². The molecule has 2 aromatic heterocycles. The lowest BCUT2D eigenvalue weighted by Crippen LogP contribution is -2.36. The summed E-state index contributed by atoms with van der Waals surface area (Å²) in [6, 6.07) is 31.6. The number of nitrogens with one attached hydrogen (secondary N) is 1. The van der Waals surface area contributed by atoms with Gasteiger partial charge in [0, 0.05) is 6.20 Å². The first kappa shape index (κ1) is 27.9. The number of aliphatic hydroxyl groups is 1. The Morgan fingerprint density at radius 2 is 1.31 bits per heavy atom. The highest BCUT2D eigenvalue weighted by atomic mass is 35.5. The topological polar surface area (TPSA) is 66.7 Å². The van der Waals surface area contributed by atoms with Gasteiger partial charge in [-0.2, -0.15) is 0 Å². The molecule has 0 fully saturated rings. The van der Waals surface area contributed by atoms with Crippen LogP contribution < -0.4 is 0 Å². The van der Waals surface area contributed by atoms with Gasteiger partial charge < -0.3 is 14.7 Å². The lowest BCUT2D eigenvalue weighted by atomic mass is 9.77. The summed E-state index contributed by atoms with van der Waals surface area (Å²) in [5, 5.41) is 8.36. The van der Waals surface area contributed by atoms with Crippen LogP contribution in [0.15, 0.2) is 116 Å². The molecule has 3 aromatic carbocycles. The molecule has 0 atom stereocenters. The van der Waals surface area contributed by atoms with Crippen LogP contribution in [0.3, 0.4) is 0 Å². The molecule has 0 aliphatic rings. The number of nitrogens with zero attached hydrogens (tertiary/aromatic N) is 3. The molecule has 0 saturated carbocycles. The van der Waals surface area contributed by atoms with Crippen LogP contribution in [0.2, 0.25) is 0 Å². The number of imidazole rings is 2. The van der Waals surface area contributed by atoms with E-state index in [4.69, 9.17) is 16.7 Å². The molecule has 5 rings (SSSR count). The predicted molar refractivity (Wildman–Crippen MR) is 145 cm³/mol. The van der Waals surface area contributed by atoms with Crippen molar-refractivity contribution >= 4 is 24.0 Å². The number of benzene rings is 3. The summed E-state index contributed by atoms with van der Waals surface area (Å²) >= 11 is 6.05. The van der Waals surface area contributed by atoms with Crippen LogP contribution in [-0.2, 0) is 18.0 Å². The van der Waals surface area contributed by atoms with Crippen molar-refractivity contribution in [1.82, 2.24) is 19.5 Å². The highest BCUT2D eigenvalue weighted by Gasteiger charge is 2.38. The van der Waals surface area contributed by atoms with Crippen LogP contribution >= 0.6 is 24.0 Å². The van der Waals surface area contributed by atoms with Gasteiger partial charge in [-0.3, -0.25) is 0 Å². The fourth-order valence-electron chi connectivity index (χ4n) is 3.97. The first-order chi connectivity index (χ1) is 16.3. The molecule has 0 aliphatic heterocycles. The van der Waals surface area contributed by atoms with E-state index >= 15 is 0 Å². The molecule has 0 aliphatic carbocycles. The van der Waals surface area contributed by atoms with Crippen molar-refractivity contribution in [3.8, 4) is 0 Å². The Morgan fingerprint density at radius 3 is 1.63 bits per heavy atom.